The van der Waals surface area contributed by atoms with Gasteiger partial charge in [-0.2, -0.15) is 0 Å². The molecule has 0 bridgehead atoms. The van der Waals surface area contributed by atoms with Crippen molar-refractivity contribution >= 4 is 15.9 Å². The van der Waals surface area contributed by atoms with Gasteiger partial charge in [-0.1, -0.05) is 39.0 Å². The number of aryl methyl sites for hydroxylation is 2. The maximum absolute atomic E-state index is 11.9. The largest absolute Gasteiger partial charge is 0.493 e. The summed E-state index contributed by atoms with van der Waals surface area (Å²) in [5, 5.41) is 0. The first-order chi connectivity index (χ1) is 10.5. The molecule has 0 saturated carbocycles. The molecule has 1 aromatic rings. The van der Waals surface area contributed by atoms with Crippen LogP contribution in [0.15, 0.2) is 18.2 Å². The molecule has 1 N–H and O–H groups in total. The minimum absolute atomic E-state index is 0.00250. The molecule has 0 unspecified atom stereocenters. The molecule has 0 fully saturated rings. The van der Waals surface area contributed by atoms with E-state index in [2.05, 4.69) is 4.72 Å². The lowest BCUT2D eigenvalue weighted by Gasteiger charge is -2.18. The van der Waals surface area contributed by atoms with Crippen molar-refractivity contribution in [1.29, 1.82) is 0 Å². The van der Waals surface area contributed by atoms with E-state index in [0.29, 0.717) is 6.42 Å². The number of hydrogen-bond acceptors (Lipinski definition) is 4. The van der Waals surface area contributed by atoms with Crippen molar-refractivity contribution in [2.75, 3.05) is 12.4 Å². The lowest BCUT2D eigenvalue weighted by Crippen LogP contribution is -2.34. The Hall–Kier alpha value is -1.56. The van der Waals surface area contributed by atoms with E-state index < -0.39 is 15.9 Å². The minimum atomic E-state index is -3.58. The highest BCUT2D eigenvalue weighted by molar-refractivity contribution is 7.90. The summed E-state index contributed by atoms with van der Waals surface area (Å²) in [5.41, 5.74) is 1.88. The normalized spacial score (nSPS) is 12.0. The second-order valence-electron chi connectivity index (χ2n) is 6.97. The van der Waals surface area contributed by atoms with Gasteiger partial charge in [0.25, 0.3) is 0 Å². The van der Waals surface area contributed by atoms with Gasteiger partial charge in [-0.05, 0) is 36.8 Å². The van der Waals surface area contributed by atoms with E-state index in [1.807, 2.05) is 52.8 Å². The van der Waals surface area contributed by atoms with Crippen LogP contribution in [0.4, 0.5) is 0 Å². The van der Waals surface area contributed by atoms with Gasteiger partial charge in [-0.15, -0.1) is 0 Å². The molecule has 0 aliphatic carbocycles. The fourth-order valence-corrected chi connectivity index (χ4v) is 3.42. The van der Waals surface area contributed by atoms with Crippen LogP contribution >= 0.6 is 0 Å². The van der Waals surface area contributed by atoms with Crippen molar-refractivity contribution < 1.29 is 17.9 Å². The Balaban J connectivity index is 2.45. The van der Waals surface area contributed by atoms with E-state index in [1.165, 1.54) is 0 Å². The smallest absolute Gasteiger partial charge is 0.236 e. The van der Waals surface area contributed by atoms with Crippen LogP contribution in [-0.4, -0.2) is 26.7 Å². The maximum Gasteiger partial charge on any atom is 0.236 e. The van der Waals surface area contributed by atoms with Crippen molar-refractivity contribution in [1.82, 2.24) is 4.72 Å². The van der Waals surface area contributed by atoms with E-state index in [0.717, 1.165) is 16.9 Å². The maximum atomic E-state index is 11.9. The number of para-hydroxylation sites is 1. The number of rotatable bonds is 7. The molecule has 1 aromatic carbocycles. The Labute approximate surface area is 139 Å². The summed E-state index contributed by atoms with van der Waals surface area (Å²) >= 11 is 0. The third-order valence-electron chi connectivity index (χ3n) is 3.37. The molecule has 0 atom stereocenters. The van der Waals surface area contributed by atoms with Gasteiger partial charge in [0.15, 0.2) is 0 Å². The average molecular weight is 341 g/mol. The van der Waals surface area contributed by atoms with Gasteiger partial charge in [-0.3, -0.25) is 9.52 Å². The molecule has 1 rings (SSSR count). The van der Waals surface area contributed by atoms with Crippen molar-refractivity contribution in [3.05, 3.63) is 29.3 Å². The van der Waals surface area contributed by atoms with Crippen LogP contribution in [0.5, 0.6) is 5.75 Å². The van der Waals surface area contributed by atoms with E-state index in [1.54, 1.807) is 0 Å². The lowest BCUT2D eigenvalue weighted by molar-refractivity contribution is -0.119. The Morgan fingerprint density at radius 2 is 1.74 bits per heavy atom. The van der Waals surface area contributed by atoms with Gasteiger partial charge in [0.2, 0.25) is 15.9 Å². The predicted octanol–water partition coefficient (Wildman–Crippen LogP) is 2.95. The second-order valence-corrected chi connectivity index (χ2v) is 8.82. The number of hydrogen-bond donors (Lipinski definition) is 1. The third kappa shape index (κ3) is 7.50. The van der Waals surface area contributed by atoms with Crippen molar-refractivity contribution in [2.24, 2.45) is 5.41 Å². The summed E-state index contributed by atoms with van der Waals surface area (Å²) in [7, 11) is -3.58. The first-order valence-corrected chi connectivity index (χ1v) is 9.38. The van der Waals surface area contributed by atoms with Crippen LogP contribution in [0.25, 0.3) is 0 Å². The van der Waals surface area contributed by atoms with Crippen LogP contribution in [0.2, 0.25) is 0 Å². The zero-order chi connectivity index (χ0) is 17.7. The summed E-state index contributed by atoms with van der Waals surface area (Å²) in [6.07, 6.45) is 0.497. The number of carbonyl (C=O) groups is 1. The number of nitrogens with one attached hydrogen (secondary N) is 1. The van der Waals surface area contributed by atoms with Crippen LogP contribution < -0.4 is 9.46 Å². The molecule has 23 heavy (non-hydrogen) atoms. The summed E-state index contributed by atoms with van der Waals surface area (Å²) in [4.78, 5) is 11.8. The topological polar surface area (TPSA) is 72.5 Å². The van der Waals surface area contributed by atoms with Crippen molar-refractivity contribution in [3.63, 3.8) is 0 Å². The van der Waals surface area contributed by atoms with Crippen LogP contribution in [0.1, 0.15) is 44.7 Å². The van der Waals surface area contributed by atoms with Crippen LogP contribution in [0, 0.1) is 19.3 Å². The molecule has 0 heterocycles. The number of sulfonamides is 1. The van der Waals surface area contributed by atoms with Gasteiger partial charge in [-0.25, -0.2) is 8.42 Å². The Kier molecular flexibility index (Phi) is 6.62. The van der Waals surface area contributed by atoms with Crippen molar-refractivity contribution in [2.45, 2.75) is 47.5 Å². The molecule has 0 saturated heterocycles. The van der Waals surface area contributed by atoms with Crippen molar-refractivity contribution in [3.8, 4) is 5.75 Å². The molecular formula is C17H27NO4S. The second kappa shape index (κ2) is 7.81. The van der Waals surface area contributed by atoms with Gasteiger partial charge in [0.05, 0.1) is 18.8 Å². The zero-order valence-corrected chi connectivity index (χ0v) is 15.4. The van der Waals surface area contributed by atoms with E-state index in [4.69, 9.17) is 4.74 Å². The van der Waals surface area contributed by atoms with E-state index in [9.17, 15) is 13.2 Å². The molecule has 0 radical (unpaired) electrons. The predicted molar refractivity (Wildman–Crippen MR) is 92.0 cm³/mol. The molecule has 5 nitrogen and oxygen atoms in total. The molecule has 0 spiro atoms. The quantitative estimate of drug-likeness (QED) is 0.827. The SMILES string of the molecule is Cc1cccc(C)c1OCCC(=O)NS(=O)(=O)CCC(C)(C)C. The van der Waals surface area contributed by atoms with E-state index >= 15 is 0 Å². The summed E-state index contributed by atoms with van der Waals surface area (Å²) in [5.74, 6) is 0.154. The zero-order valence-electron chi connectivity index (χ0n) is 14.6. The van der Waals surface area contributed by atoms with Gasteiger partial charge < -0.3 is 4.74 Å². The monoisotopic (exact) mass is 341 g/mol. The summed E-state index contributed by atoms with van der Waals surface area (Å²) in [6.45, 7) is 9.89. The molecule has 0 aromatic heterocycles. The molecule has 0 aliphatic heterocycles. The third-order valence-corrected chi connectivity index (χ3v) is 4.65. The highest BCUT2D eigenvalue weighted by Gasteiger charge is 2.19. The first kappa shape index (κ1) is 19.5. The Morgan fingerprint density at radius 3 is 2.26 bits per heavy atom. The highest BCUT2D eigenvalue weighted by atomic mass is 32.2. The minimum Gasteiger partial charge on any atom is -0.493 e. The molecule has 6 heteroatoms. The lowest BCUT2D eigenvalue weighted by atomic mass is 9.94. The molecule has 130 valence electrons. The molecule has 0 aliphatic rings. The average Bonchev–Trinajstić information content (AvgIpc) is 2.39. The molecule has 1 amide bonds. The number of carbonyl (C=O) groups excluding carboxylic acids is 1. The Bertz CT molecular complexity index is 625. The highest BCUT2D eigenvalue weighted by Crippen LogP contribution is 2.22. The summed E-state index contributed by atoms with van der Waals surface area (Å²) < 4.78 is 31.4. The number of benzene rings is 1. The summed E-state index contributed by atoms with van der Waals surface area (Å²) in [6, 6.07) is 5.80. The van der Waals surface area contributed by atoms with Crippen LogP contribution in [-0.2, 0) is 14.8 Å². The van der Waals surface area contributed by atoms with E-state index in [-0.39, 0.29) is 24.2 Å². The van der Waals surface area contributed by atoms with Crippen LogP contribution in [0.3, 0.4) is 0 Å². The van der Waals surface area contributed by atoms with Gasteiger partial charge in [0.1, 0.15) is 5.75 Å². The first-order valence-electron chi connectivity index (χ1n) is 7.72. The molecular weight excluding hydrogens is 314 g/mol. The Morgan fingerprint density at radius 1 is 1.17 bits per heavy atom. The fourth-order valence-electron chi connectivity index (χ4n) is 1.99. The number of ether oxygens (including phenoxy) is 1. The number of amides is 1. The standard InChI is InChI=1S/C17H27NO4S/c1-13-7-6-8-14(2)16(13)22-11-9-15(19)18-23(20,21)12-10-17(3,4)5/h6-8H,9-12H2,1-5H3,(H,18,19). The van der Waals surface area contributed by atoms with Gasteiger partial charge >= 0.3 is 0 Å². The van der Waals surface area contributed by atoms with Gasteiger partial charge in [0, 0.05) is 0 Å². The fraction of sp³-hybridized carbons (Fsp3) is 0.588.